The Bertz CT molecular complexity index is 574. The number of halogens is 1. The van der Waals surface area contributed by atoms with E-state index < -0.39 is 0 Å². The lowest BCUT2D eigenvalue weighted by molar-refractivity contribution is 0.667. The monoisotopic (exact) mass is 239 g/mol. The summed E-state index contributed by atoms with van der Waals surface area (Å²) in [7, 11) is 1.85. The third kappa shape index (κ3) is 1.83. The molecule has 0 unspecified atom stereocenters. The van der Waals surface area contributed by atoms with Crippen LogP contribution in [-0.2, 0) is 13.6 Å². The number of hydrogen-bond donors (Lipinski definition) is 0. The minimum atomic E-state index is -0.329. The minimum Gasteiger partial charge on any atom is -0.317 e. The first-order valence-electron chi connectivity index (χ1n) is 4.65. The van der Waals surface area contributed by atoms with Crippen molar-refractivity contribution >= 4 is 11.6 Å². The van der Waals surface area contributed by atoms with Crippen LogP contribution in [0.4, 0.5) is 0 Å². The molecule has 0 spiro atoms. The topological polar surface area (TPSA) is 65.6 Å². The van der Waals surface area contributed by atoms with Crippen molar-refractivity contribution in [1.82, 2.24) is 24.3 Å². The SMILES string of the molecule is Cc1nnc(Cn2ccnc(Cl)c2=O)n1C. The summed E-state index contributed by atoms with van der Waals surface area (Å²) in [5.41, 5.74) is -0.329. The molecule has 0 amide bonds. The molecule has 0 N–H and O–H groups in total. The van der Waals surface area contributed by atoms with Crippen molar-refractivity contribution in [3.63, 3.8) is 0 Å². The Kier molecular flexibility index (Phi) is 2.74. The van der Waals surface area contributed by atoms with E-state index in [0.29, 0.717) is 12.4 Å². The molecule has 0 saturated carbocycles. The van der Waals surface area contributed by atoms with Crippen LogP contribution in [0, 0.1) is 6.92 Å². The van der Waals surface area contributed by atoms with Crippen LogP contribution >= 0.6 is 11.6 Å². The Morgan fingerprint density at radius 3 is 2.81 bits per heavy atom. The summed E-state index contributed by atoms with van der Waals surface area (Å²) in [6.07, 6.45) is 3.05. The Labute approximate surface area is 96.5 Å². The van der Waals surface area contributed by atoms with Gasteiger partial charge in [-0.2, -0.15) is 0 Å². The third-order valence-corrected chi connectivity index (χ3v) is 2.63. The molecule has 0 aliphatic heterocycles. The van der Waals surface area contributed by atoms with Gasteiger partial charge in [-0.25, -0.2) is 4.98 Å². The van der Waals surface area contributed by atoms with Crippen LogP contribution in [0.15, 0.2) is 17.2 Å². The average Bonchev–Trinajstić information content (AvgIpc) is 2.57. The Hall–Kier alpha value is -1.69. The molecule has 2 aromatic rings. The molecule has 0 radical (unpaired) electrons. The van der Waals surface area contributed by atoms with Crippen molar-refractivity contribution < 1.29 is 0 Å². The van der Waals surface area contributed by atoms with Gasteiger partial charge < -0.3 is 9.13 Å². The van der Waals surface area contributed by atoms with E-state index in [0.717, 1.165) is 5.82 Å². The van der Waals surface area contributed by atoms with Gasteiger partial charge in [-0.05, 0) is 6.92 Å². The fourth-order valence-corrected chi connectivity index (χ4v) is 1.45. The molecule has 16 heavy (non-hydrogen) atoms. The molecule has 7 heteroatoms. The maximum atomic E-state index is 11.6. The van der Waals surface area contributed by atoms with Gasteiger partial charge in [0.15, 0.2) is 11.0 Å². The van der Waals surface area contributed by atoms with Crippen molar-refractivity contribution in [1.29, 1.82) is 0 Å². The highest BCUT2D eigenvalue weighted by molar-refractivity contribution is 6.29. The Balaban J connectivity index is 2.38. The second-order valence-corrected chi connectivity index (χ2v) is 3.73. The van der Waals surface area contributed by atoms with Gasteiger partial charge in [-0.1, -0.05) is 11.6 Å². The fraction of sp³-hybridized carbons (Fsp3) is 0.333. The van der Waals surface area contributed by atoms with E-state index in [-0.39, 0.29) is 10.7 Å². The average molecular weight is 240 g/mol. The van der Waals surface area contributed by atoms with E-state index in [1.165, 1.54) is 10.8 Å². The summed E-state index contributed by atoms with van der Waals surface area (Å²) in [5.74, 6) is 1.49. The summed E-state index contributed by atoms with van der Waals surface area (Å²) in [5, 5.41) is 7.84. The predicted molar refractivity (Wildman–Crippen MR) is 58.3 cm³/mol. The Morgan fingerprint density at radius 1 is 1.44 bits per heavy atom. The Morgan fingerprint density at radius 2 is 2.19 bits per heavy atom. The fourth-order valence-electron chi connectivity index (χ4n) is 1.29. The maximum absolute atomic E-state index is 11.6. The number of nitrogens with zero attached hydrogens (tertiary/aromatic N) is 5. The third-order valence-electron chi connectivity index (χ3n) is 2.37. The van der Waals surface area contributed by atoms with E-state index in [4.69, 9.17) is 11.6 Å². The van der Waals surface area contributed by atoms with Gasteiger partial charge in [0.2, 0.25) is 0 Å². The molecule has 2 heterocycles. The van der Waals surface area contributed by atoms with Crippen LogP contribution in [0.2, 0.25) is 5.15 Å². The lowest BCUT2D eigenvalue weighted by Crippen LogP contribution is -2.22. The standard InChI is InChI=1S/C9H10ClN5O/c1-6-12-13-7(14(6)2)5-15-4-3-11-8(10)9(15)16/h3-4H,5H2,1-2H3. The molecule has 2 rings (SSSR count). The second kappa shape index (κ2) is 4.05. The largest absolute Gasteiger partial charge is 0.317 e. The smallest absolute Gasteiger partial charge is 0.288 e. The molecule has 0 fully saturated rings. The molecule has 0 saturated heterocycles. The van der Waals surface area contributed by atoms with Crippen LogP contribution in [0.25, 0.3) is 0 Å². The molecular weight excluding hydrogens is 230 g/mol. The van der Waals surface area contributed by atoms with Crippen LogP contribution in [0.1, 0.15) is 11.6 Å². The number of hydrogen-bond acceptors (Lipinski definition) is 4. The summed E-state index contributed by atoms with van der Waals surface area (Å²) >= 11 is 5.64. The number of aryl methyl sites for hydroxylation is 1. The van der Waals surface area contributed by atoms with Crippen LogP contribution < -0.4 is 5.56 Å². The lowest BCUT2D eigenvalue weighted by Gasteiger charge is -2.04. The highest BCUT2D eigenvalue weighted by Gasteiger charge is 2.08. The quantitative estimate of drug-likeness (QED) is 0.760. The van der Waals surface area contributed by atoms with Crippen LogP contribution in [0.3, 0.4) is 0 Å². The second-order valence-electron chi connectivity index (χ2n) is 3.37. The summed E-state index contributed by atoms with van der Waals surface area (Å²) in [6.45, 7) is 2.18. The van der Waals surface area contributed by atoms with E-state index in [9.17, 15) is 4.79 Å². The van der Waals surface area contributed by atoms with Gasteiger partial charge in [0.25, 0.3) is 5.56 Å². The zero-order valence-corrected chi connectivity index (χ0v) is 9.64. The van der Waals surface area contributed by atoms with Crippen molar-refractivity contribution in [2.75, 3.05) is 0 Å². The molecule has 0 bridgehead atoms. The molecule has 6 nitrogen and oxygen atoms in total. The number of aromatic nitrogens is 5. The number of rotatable bonds is 2. The zero-order valence-electron chi connectivity index (χ0n) is 8.88. The molecule has 0 aliphatic rings. The highest BCUT2D eigenvalue weighted by Crippen LogP contribution is 2.00. The summed E-state index contributed by atoms with van der Waals surface area (Å²) in [6, 6.07) is 0. The highest BCUT2D eigenvalue weighted by atomic mass is 35.5. The van der Waals surface area contributed by atoms with Gasteiger partial charge >= 0.3 is 0 Å². The molecule has 2 aromatic heterocycles. The zero-order chi connectivity index (χ0) is 11.7. The van der Waals surface area contributed by atoms with Crippen LogP contribution in [0.5, 0.6) is 0 Å². The molecule has 0 aliphatic carbocycles. The van der Waals surface area contributed by atoms with Crippen LogP contribution in [-0.4, -0.2) is 24.3 Å². The van der Waals surface area contributed by atoms with E-state index in [1.807, 2.05) is 18.5 Å². The van der Waals surface area contributed by atoms with Gasteiger partial charge in [-0.3, -0.25) is 4.79 Å². The lowest BCUT2D eigenvalue weighted by atomic mass is 10.5. The van der Waals surface area contributed by atoms with E-state index in [2.05, 4.69) is 15.2 Å². The van der Waals surface area contributed by atoms with Gasteiger partial charge in [0, 0.05) is 19.4 Å². The normalized spacial score (nSPS) is 10.7. The van der Waals surface area contributed by atoms with Crippen molar-refractivity contribution in [2.24, 2.45) is 7.05 Å². The van der Waals surface area contributed by atoms with Gasteiger partial charge in [0.05, 0.1) is 6.54 Å². The first-order chi connectivity index (χ1) is 7.59. The molecular formula is C9H10ClN5O. The predicted octanol–water partition coefficient (Wildman–Crippen LogP) is 0.382. The summed E-state index contributed by atoms with van der Waals surface area (Å²) in [4.78, 5) is 15.3. The minimum absolute atomic E-state index is 0.0404. The van der Waals surface area contributed by atoms with Crippen molar-refractivity contribution in [3.8, 4) is 0 Å². The van der Waals surface area contributed by atoms with Gasteiger partial charge in [0.1, 0.15) is 5.82 Å². The van der Waals surface area contributed by atoms with Crippen molar-refractivity contribution in [2.45, 2.75) is 13.5 Å². The van der Waals surface area contributed by atoms with E-state index in [1.54, 1.807) is 6.20 Å². The van der Waals surface area contributed by atoms with E-state index >= 15 is 0 Å². The molecule has 84 valence electrons. The molecule has 0 aromatic carbocycles. The van der Waals surface area contributed by atoms with Crippen molar-refractivity contribution in [3.05, 3.63) is 39.5 Å². The molecule has 0 atom stereocenters. The summed E-state index contributed by atoms with van der Waals surface area (Å²) < 4.78 is 3.26. The first kappa shape index (κ1) is 10.8. The van der Waals surface area contributed by atoms with Gasteiger partial charge in [-0.15, -0.1) is 10.2 Å². The maximum Gasteiger partial charge on any atom is 0.288 e. The first-order valence-corrected chi connectivity index (χ1v) is 5.03.